The normalized spacial score (nSPS) is 10.9. The van der Waals surface area contributed by atoms with Crippen LogP contribution in [0.1, 0.15) is 29.8 Å². The molecule has 0 bridgehead atoms. The van der Waals surface area contributed by atoms with Crippen LogP contribution in [0.5, 0.6) is 0 Å². The van der Waals surface area contributed by atoms with Crippen LogP contribution in [0.15, 0.2) is 53.6 Å². The number of nitro benzene ring substituents is 1. The molecule has 0 atom stereocenters. The second-order valence-corrected chi connectivity index (χ2v) is 5.21. The molecule has 0 unspecified atom stereocenters. The van der Waals surface area contributed by atoms with E-state index in [1.165, 1.54) is 31.2 Å². The minimum absolute atomic E-state index is 0.137. The standard InChI is InChI=1S/C17H16N4O4/c1-11(13-5-3-7-15(9-13)18-12(2)22)19-20-17(23)14-6-4-8-16(10-14)21(24)25/h3-10H,1-2H3,(H,18,22)(H,20,23)/b19-11-. The second kappa shape index (κ2) is 7.82. The zero-order valence-electron chi connectivity index (χ0n) is 13.6. The first-order valence-electron chi connectivity index (χ1n) is 7.34. The molecule has 8 heteroatoms. The second-order valence-electron chi connectivity index (χ2n) is 5.21. The lowest BCUT2D eigenvalue weighted by molar-refractivity contribution is -0.384. The van der Waals surface area contributed by atoms with Crippen molar-refractivity contribution in [2.24, 2.45) is 5.10 Å². The predicted molar refractivity (Wildman–Crippen MR) is 93.5 cm³/mol. The van der Waals surface area contributed by atoms with E-state index in [0.717, 1.165) is 0 Å². The van der Waals surface area contributed by atoms with Crippen LogP contribution in [-0.2, 0) is 4.79 Å². The molecule has 0 aliphatic carbocycles. The van der Waals surface area contributed by atoms with Crippen LogP contribution in [0, 0.1) is 10.1 Å². The van der Waals surface area contributed by atoms with Gasteiger partial charge in [-0.05, 0) is 30.7 Å². The Morgan fingerprint density at radius 1 is 1.04 bits per heavy atom. The van der Waals surface area contributed by atoms with Crippen molar-refractivity contribution < 1.29 is 14.5 Å². The molecule has 0 aromatic heterocycles. The fraction of sp³-hybridized carbons (Fsp3) is 0.118. The van der Waals surface area contributed by atoms with Gasteiger partial charge in [-0.2, -0.15) is 5.10 Å². The summed E-state index contributed by atoms with van der Waals surface area (Å²) in [6.07, 6.45) is 0. The van der Waals surface area contributed by atoms with Crippen molar-refractivity contribution in [1.82, 2.24) is 5.43 Å². The minimum atomic E-state index is -0.571. The number of nitro groups is 1. The molecule has 2 aromatic rings. The largest absolute Gasteiger partial charge is 0.326 e. The molecular weight excluding hydrogens is 324 g/mol. The fourth-order valence-corrected chi connectivity index (χ4v) is 2.05. The summed E-state index contributed by atoms with van der Waals surface area (Å²) >= 11 is 0. The first-order valence-corrected chi connectivity index (χ1v) is 7.34. The SMILES string of the molecule is CC(=O)Nc1cccc(/C(C)=N\NC(=O)c2cccc([N+](=O)[O-])c2)c1. The molecule has 2 N–H and O–H groups in total. The molecule has 0 saturated heterocycles. The number of hydrogen-bond acceptors (Lipinski definition) is 5. The van der Waals surface area contributed by atoms with Crippen molar-refractivity contribution in [2.75, 3.05) is 5.32 Å². The minimum Gasteiger partial charge on any atom is -0.326 e. The molecule has 0 spiro atoms. The number of nitrogens with zero attached hydrogens (tertiary/aromatic N) is 2. The van der Waals surface area contributed by atoms with Gasteiger partial charge in [0.2, 0.25) is 5.91 Å². The summed E-state index contributed by atoms with van der Waals surface area (Å²) in [5.74, 6) is -0.744. The van der Waals surface area contributed by atoms with Crippen LogP contribution in [0.4, 0.5) is 11.4 Å². The van der Waals surface area contributed by atoms with Crippen LogP contribution in [0.2, 0.25) is 0 Å². The van der Waals surface area contributed by atoms with Gasteiger partial charge in [0.05, 0.1) is 10.6 Å². The van der Waals surface area contributed by atoms with Crippen LogP contribution in [0.25, 0.3) is 0 Å². The number of anilines is 1. The van der Waals surface area contributed by atoms with Crippen LogP contribution in [0.3, 0.4) is 0 Å². The quantitative estimate of drug-likeness (QED) is 0.495. The zero-order chi connectivity index (χ0) is 18.4. The van der Waals surface area contributed by atoms with E-state index in [9.17, 15) is 19.7 Å². The van der Waals surface area contributed by atoms with E-state index in [1.54, 1.807) is 31.2 Å². The highest BCUT2D eigenvalue weighted by atomic mass is 16.6. The molecule has 2 aromatic carbocycles. The molecule has 2 rings (SSSR count). The third-order valence-corrected chi connectivity index (χ3v) is 3.25. The zero-order valence-corrected chi connectivity index (χ0v) is 13.6. The highest BCUT2D eigenvalue weighted by Crippen LogP contribution is 2.13. The van der Waals surface area contributed by atoms with Gasteiger partial charge in [0, 0.05) is 30.3 Å². The van der Waals surface area contributed by atoms with Gasteiger partial charge < -0.3 is 5.32 Å². The van der Waals surface area contributed by atoms with E-state index in [4.69, 9.17) is 0 Å². The lowest BCUT2D eigenvalue weighted by atomic mass is 10.1. The van der Waals surface area contributed by atoms with Crippen LogP contribution in [-0.4, -0.2) is 22.4 Å². The Hall–Kier alpha value is -3.55. The van der Waals surface area contributed by atoms with Gasteiger partial charge in [-0.1, -0.05) is 18.2 Å². The molecule has 0 aliphatic heterocycles. The highest BCUT2D eigenvalue weighted by molar-refractivity contribution is 6.02. The Balaban J connectivity index is 2.13. The van der Waals surface area contributed by atoms with E-state index in [1.807, 2.05) is 0 Å². The number of carbonyl (C=O) groups is 2. The molecule has 0 aliphatic rings. The van der Waals surface area contributed by atoms with E-state index in [-0.39, 0.29) is 17.2 Å². The van der Waals surface area contributed by atoms with Crippen molar-refractivity contribution in [3.05, 3.63) is 69.8 Å². The van der Waals surface area contributed by atoms with E-state index in [2.05, 4.69) is 15.8 Å². The van der Waals surface area contributed by atoms with Gasteiger partial charge in [0.25, 0.3) is 11.6 Å². The summed E-state index contributed by atoms with van der Waals surface area (Å²) in [6.45, 7) is 3.10. The van der Waals surface area contributed by atoms with Crippen molar-refractivity contribution in [3.8, 4) is 0 Å². The number of non-ortho nitro benzene ring substituents is 1. The summed E-state index contributed by atoms with van der Waals surface area (Å²) < 4.78 is 0. The lowest BCUT2D eigenvalue weighted by Crippen LogP contribution is -2.19. The number of hydrazone groups is 1. The Morgan fingerprint density at radius 3 is 2.40 bits per heavy atom. The molecule has 0 heterocycles. The summed E-state index contributed by atoms with van der Waals surface area (Å²) in [7, 11) is 0. The number of rotatable bonds is 5. The van der Waals surface area contributed by atoms with Crippen LogP contribution < -0.4 is 10.7 Å². The molecule has 25 heavy (non-hydrogen) atoms. The number of amides is 2. The Morgan fingerprint density at radius 2 is 1.72 bits per heavy atom. The number of carbonyl (C=O) groups excluding carboxylic acids is 2. The summed E-state index contributed by atoms with van der Waals surface area (Å²) in [4.78, 5) is 33.3. The van der Waals surface area contributed by atoms with Crippen molar-refractivity contribution >= 4 is 28.9 Å². The van der Waals surface area contributed by atoms with E-state index >= 15 is 0 Å². The Bertz CT molecular complexity index is 861. The van der Waals surface area contributed by atoms with E-state index < -0.39 is 10.8 Å². The van der Waals surface area contributed by atoms with Crippen molar-refractivity contribution in [1.29, 1.82) is 0 Å². The fourth-order valence-electron chi connectivity index (χ4n) is 2.05. The van der Waals surface area contributed by atoms with Gasteiger partial charge in [0.15, 0.2) is 0 Å². The molecular formula is C17H16N4O4. The molecule has 0 fully saturated rings. The lowest BCUT2D eigenvalue weighted by Gasteiger charge is -2.06. The first kappa shape index (κ1) is 17.8. The summed E-state index contributed by atoms with van der Waals surface area (Å²) in [5.41, 5.74) is 4.18. The van der Waals surface area contributed by atoms with Crippen molar-refractivity contribution in [3.63, 3.8) is 0 Å². The third-order valence-electron chi connectivity index (χ3n) is 3.25. The molecule has 128 valence electrons. The Kier molecular flexibility index (Phi) is 5.57. The third kappa shape index (κ3) is 4.96. The topological polar surface area (TPSA) is 114 Å². The molecule has 8 nitrogen and oxygen atoms in total. The van der Waals surface area contributed by atoms with Gasteiger partial charge in [-0.3, -0.25) is 19.7 Å². The maximum absolute atomic E-state index is 12.1. The maximum atomic E-state index is 12.1. The average molecular weight is 340 g/mol. The Labute approximate surface area is 143 Å². The van der Waals surface area contributed by atoms with Gasteiger partial charge >= 0.3 is 0 Å². The van der Waals surface area contributed by atoms with Gasteiger partial charge in [0.1, 0.15) is 0 Å². The number of nitrogens with one attached hydrogen (secondary N) is 2. The smallest absolute Gasteiger partial charge is 0.271 e. The number of benzene rings is 2. The van der Waals surface area contributed by atoms with Gasteiger partial charge in [-0.15, -0.1) is 0 Å². The average Bonchev–Trinajstić information content (AvgIpc) is 2.59. The molecule has 0 saturated carbocycles. The maximum Gasteiger partial charge on any atom is 0.271 e. The molecule has 2 amide bonds. The summed E-state index contributed by atoms with van der Waals surface area (Å²) in [6, 6.07) is 12.4. The summed E-state index contributed by atoms with van der Waals surface area (Å²) in [5, 5.41) is 17.4. The number of hydrogen-bond donors (Lipinski definition) is 2. The first-order chi connectivity index (χ1) is 11.9. The predicted octanol–water partition coefficient (Wildman–Crippen LogP) is 2.71. The van der Waals surface area contributed by atoms with Crippen LogP contribution >= 0.6 is 0 Å². The molecule has 0 radical (unpaired) electrons. The monoisotopic (exact) mass is 340 g/mol. The van der Waals surface area contributed by atoms with Crippen molar-refractivity contribution in [2.45, 2.75) is 13.8 Å². The van der Waals surface area contributed by atoms with E-state index in [0.29, 0.717) is 17.0 Å². The van der Waals surface area contributed by atoms with Gasteiger partial charge in [-0.25, -0.2) is 5.43 Å². The highest BCUT2D eigenvalue weighted by Gasteiger charge is 2.11.